The fourth-order valence-electron chi connectivity index (χ4n) is 3.44. The molecule has 4 heteroatoms. The smallest absolute Gasteiger partial charge is 0.188 e. The van der Waals surface area contributed by atoms with Crippen LogP contribution in [0, 0.1) is 6.92 Å². The first-order valence-corrected chi connectivity index (χ1v) is 7.89. The largest absolute Gasteiger partial charge is 0.486 e. The molecule has 4 nitrogen and oxygen atoms in total. The molecule has 0 radical (unpaired) electrons. The zero-order valence-corrected chi connectivity index (χ0v) is 12.9. The zero-order chi connectivity index (χ0) is 14.7. The summed E-state index contributed by atoms with van der Waals surface area (Å²) in [5.41, 5.74) is 1.16. The fourth-order valence-corrected chi connectivity index (χ4v) is 3.44. The molecule has 2 bridgehead atoms. The number of fused-ring (bicyclic) bond motifs is 2. The van der Waals surface area contributed by atoms with Crippen molar-refractivity contribution in [2.45, 2.75) is 57.2 Å². The quantitative estimate of drug-likeness (QED) is 0.847. The second kappa shape index (κ2) is 6.67. The third-order valence-corrected chi connectivity index (χ3v) is 4.40. The van der Waals surface area contributed by atoms with Crippen LogP contribution in [0.2, 0.25) is 0 Å². The molecule has 2 saturated heterocycles. The normalized spacial score (nSPS) is 28.2. The summed E-state index contributed by atoms with van der Waals surface area (Å²) in [6, 6.07) is 7.33. The molecule has 0 aliphatic carbocycles. The lowest BCUT2D eigenvalue weighted by atomic mass is 9.85. The van der Waals surface area contributed by atoms with Gasteiger partial charge in [0.25, 0.3) is 0 Å². The van der Waals surface area contributed by atoms with E-state index in [1.807, 2.05) is 12.1 Å². The average molecular weight is 291 g/mol. The van der Waals surface area contributed by atoms with E-state index in [2.05, 4.69) is 18.3 Å². The number of benzene rings is 1. The highest BCUT2D eigenvalue weighted by Crippen LogP contribution is 2.33. The van der Waals surface area contributed by atoms with Crippen LogP contribution < -0.4 is 14.8 Å². The minimum absolute atomic E-state index is 0.247. The summed E-state index contributed by atoms with van der Waals surface area (Å²) in [6.07, 6.45) is 6.37. The first kappa shape index (κ1) is 14.7. The molecule has 2 aliphatic rings. The minimum atomic E-state index is 0.247. The molecule has 0 saturated carbocycles. The molecule has 1 N–H and O–H groups in total. The summed E-state index contributed by atoms with van der Waals surface area (Å²) in [4.78, 5) is 0. The van der Waals surface area contributed by atoms with Crippen LogP contribution in [0.5, 0.6) is 11.5 Å². The Balaban J connectivity index is 1.69. The first-order chi connectivity index (χ1) is 10.2. The number of hydrogen-bond donors (Lipinski definition) is 1. The van der Waals surface area contributed by atoms with Gasteiger partial charge in [-0.2, -0.15) is 0 Å². The van der Waals surface area contributed by atoms with Gasteiger partial charge in [0.1, 0.15) is 6.10 Å². The topological polar surface area (TPSA) is 39.7 Å². The van der Waals surface area contributed by atoms with Gasteiger partial charge in [-0.15, -0.1) is 0 Å². The van der Waals surface area contributed by atoms with Gasteiger partial charge in [-0.25, -0.2) is 0 Å². The van der Waals surface area contributed by atoms with Crippen LogP contribution in [0.4, 0.5) is 0 Å². The molecule has 0 spiro atoms. The van der Waals surface area contributed by atoms with Crippen LogP contribution in [0.15, 0.2) is 18.2 Å². The van der Waals surface area contributed by atoms with Crippen molar-refractivity contribution in [2.75, 3.05) is 13.9 Å². The van der Waals surface area contributed by atoms with Crippen molar-refractivity contribution < 1.29 is 14.2 Å². The molecule has 0 aromatic heterocycles. The maximum absolute atomic E-state index is 6.25. The van der Waals surface area contributed by atoms with Crippen molar-refractivity contribution in [1.29, 1.82) is 0 Å². The molecule has 116 valence electrons. The minimum Gasteiger partial charge on any atom is -0.486 e. The highest BCUT2D eigenvalue weighted by atomic mass is 16.7. The highest BCUT2D eigenvalue weighted by molar-refractivity contribution is 5.42. The van der Waals surface area contributed by atoms with Crippen LogP contribution in [-0.4, -0.2) is 32.1 Å². The van der Waals surface area contributed by atoms with Gasteiger partial charge in [0, 0.05) is 19.2 Å². The molecule has 1 unspecified atom stereocenters. The van der Waals surface area contributed by atoms with Crippen molar-refractivity contribution in [3.8, 4) is 11.5 Å². The van der Waals surface area contributed by atoms with Crippen LogP contribution in [0.1, 0.15) is 37.7 Å². The third-order valence-electron chi connectivity index (χ3n) is 4.40. The Hall–Kier alpha value is -1.26. The Labute approximate surface area is 126 Å². The van der Waals surface area contributed by atoms with Gasteiger partial charge in [0.2, 0.25) is 0 Å². The van der Waals surface area contributed by atoms with Crippen LogP contribution in [0.3, 0.4) is 0 Å². The number of aryl methyl sites for hydroxylation is 1. The summed E-state index contributed by atoms with van der Waals surface area (Å²) in [5, 5.41) is 3.70. The Bertz CT molecular complexity index is 465. The predicted octanol–water partition coefficient (Wildman–Crippen LogP) is 3.03. The number of hydrogen-bond acceptors (Lipinski definition) is 4. The van der Waals surface area contributed by atoms with Gasteiger partial charge in [0.05, 0.1) is 0 Å². The van der Waals surface area contributed by atoms with Gasteiger partial charge >= 0.3 is 0 Å². The summed E-state index contributed by atoms with van der Waals surface area (Å²) in [5.74, 6) is 1.61. The zero-order valence-electron chi connectivity index (χ0n) is 12.9. The average Bonchev–Trinajstić information content (AvgIpc) is 2.47. The van der Waals surface area contributed by atoms with Crippen LogP contribution in [-0.2, 0) is 4.74 Å². The molecule has 0 amide bonds. The van der Waals surface area contributed by atoms with Crippen molar-refractivity contribution in [3.05, 3.63) is 23.8 Å². The maximum Gasteiger partial charge on any atom is 0.188 e. The Morgan fingerprint density at radius 1 is 1.14 bits per heavy atom. The lowest BCUT2D eigenvalue weighted by Gasteiger charge is -2.40. The van der Waals surface area contributed by atoms with Gasteiger partial charge in [-0.3, -0.25) is 0 Å². The first-order valence-electron chi connectivity index (χ1n) is 7.89. The van der Waals surface area contributed by atoms with Crippen molar-refractivity contribution >= 4 is 0 Å². The van der Waals surface area contributed by atoms with Crippen molar-refractivity contribution in [3.63, 3.8) is 0 Å². The molecular formula is C17H25NO3. The molecule has 1 aromatic rings. The summed E-state index contributed by atoms with van der Waals surface area (Å²) in [7, 11) is 1.63. The lowest BCUT2D eigenvalue weighted by molar-refractivity contribution is 0.0430. The summed E-state index contributed by atoms with van der Waals surface area (Å²) in [6.45, 7) is 2.30. The number of ether oxygens (including phenoxy) is 3. The summed E-state index contributed by atoms with van der Waals surface area (Å²) < 4.78 is 16.9. The molecule has 3 atom stereocenters. The molecule has 21 heavy (non-hydrogen) atoms. The van der Waals surface area contributed by atoms with E-state index >= 15 is 0 Å². The molecule has 2 heterocycles. The standard InChI is InChI=1S/C17H25NO3/c1-12-6-7-16(17(8-12)20-11-19-2)21-15-9-13-4-3-5-14(10-15)18-13/h6-8,13-15,18H,3-5,9-11H2,1-2H3/t13-,14+,15?. The van der Waals surface area contributed by atoms with Gasteiger partial charge in [-0.05, 0) is 50.3 Å². The number of piperidine rings is 2. The second-order valence-corrected chi connectivity index (χ2v) is 6.20. The Morgan fingerprint density at radius 2 is 1.90 bits per heavy atom. The SMILES string of the molecule is COCOc1cc(C)ccc1OC1C[C@H]2CCC[C@@H](C1)N2. The molecule has 2 aliphatic heterocycles. The van der Waals surface area contributed by atoms with E-state index < -0.39 is 0 Å². The van der Waals surface area contributed by atoms with Crippen molar-refractivity contribution in [2.24, 2.45) is 0 Å². The molecular weight excluding hydrogens is 266 g/mol. The molecule has 1 aromatic carbocycles. The Kier molecular flexibility index (Phi) is 4.66. The van der Waals surface area contributed by atoms with E-state index in [9.17, 15) is 0 Å². The summed E-state index contributed by atoms with van der Waals surface area (Å²) >= 11 is 0. The third kappa shape index (κ3) is 3.69. The van der Waals surface area contributed by atoms with Crippen LogP contribution in [0.25, 0.3) is 0 Å². The van der Waals surface area contributed by atoms with E-state index in [-0.39, 0.29) is 12.9 Å². The van der Waals surface area contributed by atoms with Gasteiger partial charge < -0.3 is 19.5 Å². The van der Waals surface area contributed by atoms with Gasteiger partial charge in [-0.1, -0.05) is 12.5 Å². The van der Waals surface area contributed by atoms with E-state index in [4.69, 9.17) is 14.2 Å². The van der Waals surface area contributed by atoms with E-state index in [0.29, 0.717) is 12.1 Å². The monoisotopic (exact) mass is 291 g/mol. The maximum atomic E-state index is 6.25. The second-order valence-electron chi connectivity index (χ2n) is 6.20. The van der Waals surface area contributed by atoms with Crippen LogP contribution >= 0.6 is 0 Å². The van der Waals surface area contributed by atoms with E-state index in [1.165, 1.54) is 19.3 Å². The number of rotatable bonds is 5. The van der Waals surface area contributed by atoms with Crippen molar-refractivity contribution in [1.82, 2.24) is 5.32 Å². The van der Waals surface area contributed by atoms with Gasteiger partial charge in [0.15, 0.2) is 18.3 Å². The molecule has 2 fully saturated rings. The predicted molar refractivity (Wildman–Crippen MR) is 81.9 cm³/mol. The van der Waals surface area contributed by atoms with E-state index in [1.54, 1.807) is 7.11 Å². The fraction of sp³-hybridized carbons (Fsp3) is 0.647. The molecule has 3 rings (SSSR count). The number of nitrogens with one attached hydrogen (secondary N) is 1. The Morgan fingerprint density at radius 3 is 2.62 bits per heavy atom. The lowest BCUT2D eigenvalue weighted by Crippen LogP contribution is -2.51. The van der Waals surface area contributed by atoms with E-state index in [0.717, 1.165) is 29.9 Å². The number of methoxy groups -OCH3 is 1. The highest BCUT2D eigenvalue weighted by Gasteiger charge is 2.32.